The summed E-state index contributed by atoms with van der Waals surface area (Å²) in [4.78, 5) is 13.2. The Morgan fingerprint density at radius 1 is 0.386 bits per heavy atom. The molecule has 9 heteroatoms. The molecule has 7 unspecified atom stereocenters. The van der Waals surface area contributed by atoms with Crippen molar-refractivity contribution < 1.29 is 39.8 Å². The zero-order valence-electron chi connectivity index (χ0n) is 58.5. The molecule has 1 heterocycles. The van der Waals surface area contributed by atoms with Crippen molar-refractivity contribution in [3.63, 3.8) is 0 Å². The van der Waals surface area contributed by atoms with Gasteiger partial charge in [-0.25, -0.2) is 0 Å². The number of hydrogen-bond donors (Lipinski definition) is 6. The second-order valence-corrected chi connectivity index (χ2v) is 27.5. The lowest BCUT2D eigenvalue weighted by Gasteiger charge is -2.40. The van der Waals surface area contributed by atoms with Crippen LogP contribution in [0.4, 0.5) is 0 Å². The van der Waals surface area contributed by atoms with Crippen molar-refractivity contribution in [3.8, 4) is 0 Å². The third kappa shape index (κ3) is 56.0. The van der Waals surface area contributed by atoms with Gasteiger partial charge in [-0.2, -0.15) is 0 Å². The van der Waals surface area contributed by atoms with Crippen LogP contribution in [0.5, 0.6) is 0 Å². The Bertz CT molecular complexity index is 1490. The summed E-state index contributed by atoms with van der Waals surface area (Å²) in [5.41, 5.74) is 0. The largest absolute Gasteiger partial charge is 0.394 e. The fraction of sp³-hybridized carbons (Fsp3) is 0.911. The molecule has 0 radical (unpaired) electrons. The second kappa shape index (κ2) is 68.3. The number of aliphatic hydroxyl groups excluding tert-OH is 5. The normalized spacial score (nSPS) is 18.0. The molecule has 520 valence electrons. The lowest BCUT2D eigenvalue weighted by molar-refractivity contribution is -0.302. The van der Waals surface area contributed by atoms with Gasteiger partial charge in [-0.05, 0) is 51.4 Å². The van der Waals surface area contributed by atoms with Crippen LogP contribution in [-0.4, -0.2) is 87.5 Å². The van der Waals surface area contributed by atoms with E-state index in [1.807, 2.05) is 0 Å². The minimum atomic E-state index is -1.55. The maximum atomic E-state index is 13.2. The molecule has 1 fully saturated rings. The summed E-state index contributed by atoms with van der Waals surface area (Å²) < 4.78 is 11.4. The minimum absolute atomic E-state index is 0.133. The first-order valence-electron chi connectivity index (χ1n) is 39.2. The summed E-state index contributed by atoms with van der Waals surface area (Å²) >= 11 is 0. The van der Waals surface area contributed by atoms with Gasteiger partial charge in [-0.15, -0.1) is 0 Å². The smallest absolute Gasteiger partial charge is 0.220 e. The topological polar surface area (TPSA) is 149 Å². The molecule has 0 aromatic rings. The van der Waals surface area contributed by atoms with Gasteiger partial charge >= 0.3 is 0 Å². The monoisotopic (exact) mass is 1240 g/mol. The molecule has 9 nitrogen and oxygen atoms in total. The maximum absolute atomic E-state index is 13.2. The van der Waals surface area contributed by atoms with E-state index in [1.165, 1.54) is 327 Å². The fourth-order valence-electron chi connectivity index (χ4n) is 12.9. The van der Waals surface area contributed by atoms with Crippen LogP contribution >= 0.6 is 0 Å². The molecule has 0 bridgehead atoms. The Kier molecular flexibility index (Phi) is 65.5. The number of carbonyl (C=O) groups is 1. The number of allylic oxidation sites excluding steroid dienone is 6. The van der Waals surface area contributed by atoms with E-state index in [0.29, 0.717) is 12.8 Å². The van der Waals surface area contributed by atoms with E-state index in [0.717, 1.165) is 51.4 Å². The van der Waals surface area contributed by atoms with Gasteiger partial charge in [-0.1, -0.05) is 384 Å². The predicted octanol–water partition coefficient (Wildman–Crippen LogP) is 22.2. The number of nitrogens with one attached hydrogen (secondary N) is 1. The van der Waals surface area contributed by atoms with Gasteiger partial charge in [0.1, 0.15) is 24.4 Å². The van der Waals surface area contributed by atoms with E-state index in [9.17, 15) is 30.3 Å². The number of aliphatic hydroxyl groups is 5. The first-order chi connectivity index (χ1) is 43.3. The van der Waals surface area contributed by atoms with Gasteiger partial charge in [0.25, 0.3) is 0 Å². The highest BCUT2D eigenvalue weighted by Crippen LogP contribution is 2.24. The van der Waals surface area contributed by atoms with Crippen molar-refractivity contribution in [2.45, 2.75) is 448 Å². The number of hydrogen-bond acceptors (Lipinski definition) is 8. The zero-order chi connectivity index (χ0) is 63.5. The fourth-order valence-corrected chi connectivity index (χ4v) is 12.9. The molecule has 0 saturated carbocycles. The van der Waals surface area contributed by atoms with E-state index in [4.69, 9.17) is 9.47 Å². The van der Waals surface area contributed by atoms with Crippen molar-refractivity contribution >= 4 is 5.91 Å². The number of amides is 1. The number of carbonyl (C=O) groups excluding carboxylic acids is 1. The summed E-state index contributed by atoms with van der Waals surface area (Å²) in [5.74, 6) is -0.135. The first-order valence-corrected chi connectivity index (χ1v) is 39.2. The summed E-state index contributed by atoms with van der Waals surface area (Å²) in [5, 5.41) is 55.1. The SMILES string of the molecule is CCCCCCC/C=C\C/C=C\C/C=C\CCCCCCCCCCCCCCCCCCCCCCCCC(=O)NC(COC1OC(CO)C(O)C(O)C1O)C(O)CCCCCCCCCCCCCCCCCCCCCCCCCCCCCC. The highest BCUT2D eigenvalue weighted by Gasteiger charge is 2.44. The van der Waals surface area contributed by atoms with Gasteiger partial charge in [-0.3, -0.25) is 4.79 Å². The molecule has 1 aliphatic heterocycles. The summed E-state index contributed by atoms with van der Waals surface area (Å²) in [7, 11) is 0. The highest BCUT2D eigenvalue weighted by atomic mass is 16.7. The third-order valence-corrected chi connectivity index (χ3v) is 19.0. The molecule has 0 aromatic carbocycles. The van der Waals surface area contributed by atoms with Crippen LogP contribution in [0.1, 0.15) is 406 Å². The Morgan fingerprint density at radius 2 is 0.670 bits per heavy atom. The Hall–Kier alpha value is -1.59. The summed E-state index contributed by atoms with van der Waals surface area (Å²) in [6, 6.07) is -0.719. The van der Waals surface area contributed by atoms with Gasteiger partial charge < -0.3 is 40.3 Å². The minimum Gasteiger partial charge on any atom is -0.394 e. The van der Waals surface area contributed by atoms with E-state index >= 15 is 0 Å². The van der Waals surface area contributed by atoms with Crippen molar-refractivity contribution in [1.29, 1.82) is 0 Å². The highest BCUT2D eigenvalue weighted by molar-refractivity contribution is 5.76. The van der Waals surface area contributed by atoms with Gasteiger partial charge in [0.15, 0.2) is 6.29 Å². The lowest BCUT2D eigenvalue weighted by atomic mass is 9.99. The number of ether oxygens (including phenoxy) is 2. The average molecular weight is 1240 g/mol. The molecule has 0 aromatic heterocycles. The van der Waals surface area contributed by atoms with Crippen molar-refractivity contribution in [2.75, 3.05) is 13.2 Å². The quantitative estimate of drug-likeness (QED) is 0.0261. The molecular weight excluding hydrogens is 1090 g/mol. The van der Waals surface area contributed by atoms with Crippen LogP contribution < -0.4 is 5.32 Å². The number of rotatable bonds is 70. The standard InChI is InChI=1S/C79H151NO8/c1-3-5-7-9-11-13-15-17-19-21-23-25-27-29-31-33-34-35-36-37-38-39-40-41-43-45-47-49-51-53-55-57-59-61-63-65-67-69-75(83)80-72(71-87-79-78(86)77(85)76(84)74(70-81)88-79)73(82)68-66-64-62-60-58-56-54-52-50-48-46-44-42-32-30-28-26-24-22-20-18-16-14-12-10-8-6-4-2/h15,17,21,23,27,29,72-74,76-79,81-82,84-86H,3-14,16,18-20,22,24-26,28,30-71H2,1-2H3,(H,80,83)/b17-15-,23-21-,29-27-. The number of unbranched alkanes of at least 4 members (excludes halogenated alkanes) is 54. The van der Waals surface area contributed by atoms with Crippen LogP contribution in [0.25, 0.3) is 0 Å². The van der Waals surface area contributed by atoms with Crippen LogP contribution in [0.15, 0.2) is 36.5 Å². The summed E-state index contributed by atoms with van der Waals surface area (Å²) in [6.45, 7) is 3.89. The van der Waals surface area contributed by atoms with E-state index < -0.39 is 49.5 Å². The molecule has 1 amide bonds. The Labute approximate surface area is 546 Å². The molecular formula is C79H151NO8. The Balaban J connectivity index is 2.05. The first kappa shape index (κ1) is 84.4. The molecule has 0 aliphatic carbocycles. The molecule has 1 aliphatic rings. The van der Waals surface area contributed by atoms with Crippen LogP contribution in [0.2, 0.25) is 0 Å². The summed E-state index contributed by atoms with van der Waals surface area (Å²) in [6.07, 6.45) is 85.3. The molecule has 1 saturated heterocycles. The maximum Gasteiger partial charge on any atom is 0.220 e. The molecule has 88 heavy (non-hydrogen) atoms. The molecule has 0 spiro atoms. The van der Waals surface area contributed by atoms with Gasteiger partial charge in [0.2, 0.25) is 5.91 Å². The van der Waals surface area contributed by atoms with Crippen LogP contribution in [0, 0.1) is 0 Å². The molecule has 1 rings (SSSR count). The van der Waals surface area contributed by atoms with E-state index in [-0.39, 0.29) is 12.5 Å². The second-order valence-electron chi connectivity index (χ2n) is 27.5. The lowest BCUT2D eigenvalue weighted by Crippen LogP contribution is -2.60. The molecule has 7 atom stereocenters. The van der Waals surface area contributed by atoms with Crippen LogP contribution in [-0.2, 0) is 14.3 Å². The zero-order valence-corrected chi connectivity index (χ0v) is 58.5. The Morgan fingerprint density at radius 3 is 0.989 bits per heavy atom. The van der Waals surface area contributed by atoms with Crippen molar-refractivity contribution in [1.82, 2.24) is 5.32 Å². The third-order valence-electron chi connectivity index (χ3n) is 19.0. The predicted molar refractivity (Wildman–Crippen MR) is 378 cm³/mol. The van der Waals surface area contributed by atoms with E-state index in [1.54, 1.807) is 0 Å². The van der Waals surface area contributed by atoms with E-state index in [2.05, 4.69) is 55.6 Å². The molecule has 6 N–H and O–H groups in total. The van der Waals surface area contributed by atoms with Crippen molar-refractivity contribution in [2.24, 2.45) is 0 Å². The van der Waals surface area contributed by atoms with Gasteiger partial charge in [0, 0.05) is 6.42 Å². The van der Waals surface area contributed by atoms with Gasteiger partial charge in [0.05, 0.1) is 25.4 Å². The van der Waals surface area contributed by atoms with Crippen molar-refractivity contribution in [3.05, 3.63) is 36.5 Å². The average Bonchev–Trinajstić information content (AvgIpc) is 3.29. The van der Waals surface area contributed by atoms with Crippen LogP contribution in [0.3, 0.4) is 0 Å².